The molecule has 9 heteroatoms. The average molecular weight is 360 g/mol. The van der Waals surface area contributed by atoms with E-state index < -0.39 is 12.5 Å². The third-order valence-electron chi connectivity index (χ3n) is 3.37. The summed E-state index contributed by atoms with van der Waals surface area (Å²) in [5.74, 6) is 0.186. The van der Waals surface area contributed by atoms with Crippen molar-refractivity contribution in [3.8, 4) is 17.2 Å². The predicted molar refractivity (Wildman–Crippen MR) is 88.9 cm³/mol. The smallest absolute Gasteiger partial charge is 0.387 e. The van der Waals surface area contributed by atoms with E-state index in [1.807, 2.05) is 0 Å². The molecule has 3 aromatic rings. The molecule has 0 unspecified atom stereocenters. The first-order chi connectivity index (χ1) is 12.5. The zero-order valence-electron chi connectivity index (χ0n) is 13.6. The molecule has 2 aromatic carbocycles. The summed E-state index contributed by atoms with van der Waals surface area (Å²) in [6, 6.07) is 12.6. The van der Waals surface area contributed by atoms with E-state index in [9.17, 15) is 13.6 Å². The fourth-order valence-corrected chi connectivity index (χ4v) is 2.13. The van der Waals surface area contributed by atoms with Crippen LogP contribution in [0.3, 0.4) is 0 Å². The fraction of sp³-hybridized carbons (Fsp3) is 0.118. The second kappa shape index (κ2) is 7.60. The Balaban J connectivity index is 1.69. The van der Waals surface area contributed by atoms with Gasteiger partial charge in [-0.15, -0.1) is 5.10 Å². The van der Waals surface area contributed by atoms with Crippen molar-refractivity contribution in [1.29, 1.82) is 0 Å². The number of hydrogen-bond donors (Lipinski definition) is 1. The van der Waals surface area contributed by atoms with Gasteiger partial charge in [0.2, 0.25) is 5.82 Å². The maximum atomic E-state index is 12.2. The van der Waals surface area contributed by atoms with Crippen LogP contribution in [0.2, 0.25) is 0 Å². The standard InChI is InChI=1S/C17H14F2N4O3/c1-25-13-6-2-11(3-7-13)21-16(24)15-20-10-23(22-15)12-4-8-14(9-5-12)26-17(18)19/h2-10,17H,1H3,(H,21,24). The highest BCUT2D eigenvalue weighted by atomic mass is 19.3. The molecule has 1 amide bonds. The van der Waals surface area contributed by atoms with Gasteiger partial charge in [0.05, 0.1) is 12.8 Å². The van der Waals surface area contributed by atoms with E-state index in [0.29, 0.717) is 17.1 Å². The van der Waals surface area contributed by atoms with Gasteiger partial charge < -0.3 is 14.8 Å². The number of ether oxygens (including phenoxy) is 2. The number of nitrogens with one attached hydrogen (secondary N) is 1. The summed E-state index contributed by atoms with van der Waals surface area (Å²) >= 11 is 0. The largest absolute Gasteiger partial charge is 0.497 e. The normalized spacial score (nSPS) is 10.6. The molecule has 0 aliphatic rings. The molecule has 0 aliphatic heterocycles. The van der Waals surface area contributed by atoms with Gasteiger partial charge in [0, 0.05) is 5.69 Å². The van der Waals surface area contributed by atoms with Crippen molar-refractivity contribution in [2.24, 2.45) is 0 Å². The highest BCUT2D eigenvalue weighted by Crippen LogP contribution is 2.18. The Morgan fingerprint density at radius 3 is 2.35 bits per heavy atom. The fourth-order valence-electron chi connectivity index (χ4n) is 2.13. The molecule has 1 N–H and O–H groups in total. The Kier molecular flexibility index (Phi) is 5.07. The molecule has 0 fully saturated rings. The molecule has 0 saturated carbocycles. The number of hydrogen-bond acceptors (Lipinski definition) is 5. The molecule has 0 saturated heterocycles. The molecular formula is C17H14F2N4O3. The van der Waals surface area contributed by atoms with E-state index in [1.54, 1.807) is 31.4 Å². The first kappa shape index (κ1) is 17.3. The van der Waals surface area contributed by atoms with Crippen LogP contribution in [0, 0.1) is 0 Å². The van der Waals surface area contributed by atoms with Crippen LogP contribution in [-0.4, -0.2) is 34.4 Å². The number of alkyl halides is 2. The Bertz CT molecular complexity index is 880. The molecule has 134 valence electrons. The van der Waals surface area contributed by atoms with Crippen LogP contribution >= 0.6 is 0 Å². The number of halogens is 2. The van der Waals surface area contributed by atoms with E-state index >= 15 is 0 Å². The maximum absolute atomic E-state index is 12.2. The number of nitrogens with zero attached hydrogens (tertiary/aromatic N) is 3. The maximum Gasteiger partial charge on any atom is 0.387 e. The van der Waals surface area contributed by atoms with Crippen LogP contribution in [-0.2, 0) is 0 Å². The molecule has 1 heterocycles. The second-order valence-corrected chi connectivity index (χ2v) is 5.07. The zero-order valence-corrected chi connectivity index (χ0v) is 13.6. The van der Waals surface area contributed by atoms with Crippen molar-refractivity contribution in [3.63, 3.8) is 0 Å². The number of carbonyl (C=O) groups excluding carboxylic acids is 1. The quantitative estimate of drug-likeness (QED) is 0.731. The third-order valence-corrected chi connectivity index (χ3v) is 3.37. The SMILES string of the molecule is COc1ccc(NC(=O)c2ncn(-c3ccc(OC(F)F)cc3)n2)cc1. The molecule has 0 radical (unpaired) electrons. The highest BCUT2D eigenvalue weighted by molar-refractivity contribution is 6.01. The van der Waals surface area contributed by atoms with Crippen molar-refractivity contribution in [3.05, 3.63) is 60.7 Å². The number of amides is 1. The number of rotatable bonds is 6. The molecule has 7 nitrogen and oxygen atoms in total. The summed E-state index contributed by atoms with van der Waals surface area (Å²) in [6.45, 7) is -2.89. The lowest BCUT2D eigenvalue weighted by Crippen LogP contribution is -2.14. The molecule has 26 heavy (non-hydrogen) atoms. The van der Waals surface area contributed by atoms with Gasteiger partial charge >= 0.3 is 6.61 Å². The van der Waals surface area contributed by atoms with Gasteiger partial charge in [-0.05, 0) is 48.5 Å². The lowest BCUT2D eigenvalue weighted by Gasteiger charge is -2.05. The molecule has 0 atom stereocenters. The topological polar surface area (TPSA) is 78.3 Å². The monoisotopic (exact) mass is 360 g/mol. The summed E-state index contributed by atoms with van der Waals surface area (Å²) in [5, 5.41) is 6.75. The second-order valence-electron chi connectivity index (χ2n) is 5.07. The molecule has 1 aromatic heterocycles. The van der Waals surface area contributed by atoms with E-state index in [2.05, 4.69) is 20.1 Å². The summed E-state index contributed by atoms with van der Waals surface area (Å²) < 4.78 is 35.0. The van der Waals surface area contributed by atoms with Crippen LogP contribution in [0.15, 0.2) is 54.9 Å². The van der Waals surface area contributed by atoms with E-state index in [-0.39, 0.29) is 11.6 Å². The zero-order chi connectivity index (χ0) is 18.5. The van der Waals surface area contributed by atoms with Gasteiger partial charge in [-0.1, -0.05) is 0 Å². The first-order valence-corrected chi connectivity index (χ1v) is 7.47. The molecule has 0 spiro atoms. The number of anilines is 1. The van der Waals surface area contributed by atoms with E-state index in [4.69, 9.17) is 4.74 Å². The average Bonchev–Trinajstić information content (AvgIpc) is 3.13. The van der Waals surface area contributed by atoms with Crippen molar-refractivity contribution in [2.75, 3.05) is 12.4 Å². The Morgan fingerprint density at radius 2 is 1.73 bits per heavy atom. The Morgan fingerprint density at radius 1 is 1.08 bits per heavy atom. The summed E-state index contributed by atoms with van der Waals surface area (Å²) in [4.78, 5) is 16.2. The van der Waals surface area contributed by atoms with Crippen LogP contribution < -0.4 is 14.8 Å². The van der Waals surface area contributed by atoms with Crippen molar-refractivity contribution < 1.29 is 23.0 Å². The summed E-state index contributed by atoms with van der Waals surface area (Å²) in [6.07, 6.45) is 1.35. The number of methoxy groups -OCH3 is 1. The lowest BCUT2D eigenvalue weighted by molar-refractivity contribution is -0.0498. The predicted octanol–water partition coefficient (Wildman–Crippen LogP) is 3.13. The van der Waals surface area contributed by atoms with E-state index in [0.717, 1.165) is 0 Å². The van der Waals surface area contributed by atoms with Crippen LogP contribution in [0.5, 0.6) is 11.5 Å². The minimum atomic E-state index is -2.89. The minimum Gasteiger partial charge on any atom is -0.497 e. The number of carbonyl (C=O) groups is 1. The van der Waals surface area contributed by atoms with Crippen molar-refractivity contribution in [1.82, 2.24) is 14.8 Å². The van der Waals surface area contributed by atoms with Gasteiger partial charge in [0.1, 0.15) is 17.8 Å². The number of benzene rings is 2. The van der Waals surface area contributed by atoms with Gasteiger partial charge in [0.15, 0.2) is 0 Å². The van der Waals surface area contributed by atoms with Crippen LogP contribution in [0.1, 0.15) is 10.6 Å². The first-order valence-electron chi connectivity index (χ1n) is 7.47. The molecular weight excluding hydrogens is 346 g/mol. The summed E-state index contributed by atoms with van der Waals surface area (Å²) in [5.41, 5.74) is 1.11. The molecule has 3 rings (SSSR count). The number of aromatic nitrogens is 3. The Labute approximate surface area is 147 Å². The van der Waals surface area contributed by atoms with Crippen molar-refractivity contribution in [2.45, 2.75) is 6.61 Å². The highest BCUT2D eigenvalue weighted by Gasteiger charge is 2.13. The van der Waals surface area contributed by atoms with Gasteiger partial charge in [-0.3, -0.25) is 4.79 Å². The molecule has 0 aliphatic carbocycles. The third kappa shape index (κ3) is 4.12. The minimum absolute atomic E-state index is 0.0290. The van der Waals surface area contributed by atoms with Crippen LogP contribution in [0.4, 0.5) is 14.5 Å². The van der Waals surface area contributed by atoms with Gasteiger partial charge in [-0.2, -0.15) is 8.78 Å². The summed E-state index contributed by atoms with van der Waals surface area (Å²) in [7, 11) is 1.55. The molecule has 0 bridgehead atoms. The van der Waals surface area contributed by atoms with Crippen LogP contribution in [0.25, 0.3) is 5.69 Å². The lowest BCUT2D eigenvalue weighted by atomic mass is 10.3. The Hall–Kier alpha value is -3.49. The van der Waals surface area contributed by atoms with E-state index in [1.165, 1.54) is 35.3 Å². The van der Waals surface area contributed by atoms with Gasteiger partial charge in [-0.25, -0.2) is 9.67 Å². The van der Waals surface area contributed by atoms with Crippen molar-refractivity contribution >= 4 is 11.6 Å². The van der Waals surface area contributed by atoms with Gasteiger partial charge in [0.25, 0.3) is 5.91 Å².